The highest BCUT2D eigenvalue weighted by Gasteiger charge is 2.19. The molecule has 0 bridgehead atoms. The first-order valence-corrected chi connectivity index (χ1v) is 31.0. The molecule has 6 nitrogen and oxygen atoms in total. The summed E-state index contributed by atoms with van der Waals surface area (Å²) in [5.74, 6) is -0.893. The molecule has 0 saturated heterocycles. The molecule has 0 aromatic carbocycles. The summed E-state index contributed by atoms with van der Waals surface area (Å²) in [4.78, 5) is 38.3. The van der Waals surface area contributed by atoms with E-state index in [1.54, 1.807) is 0 Å². The van der Waals surface area contributed by atoms with Gasteiger partial charge in [-0.2, -0.15) is 0 Å². The summed E-state index contributed by atoms with van der Waals surface area (Å²) in [6.07, 6.45) is 77.5. The predicted molar refractivity (Wildman–Crippen MR) is 311 cm³/mol. The van der Waals surface area contributed by atoms with Crippen LogP contribution < -0.4 is 0 Å². The summed E-state index contributed by atoms with van der Waals surface area (Å²) >= 11 is 0. The van der Waals surface area contributed by atoms with E-state index in [1.165, 1.54) is 167 Å². The van der Waals surface area contributed by atoms with Gasteiger partial charge in [-0.15, -0.1) is 0 Å². The molecule has 0 aliphatic heterocycles. The molecule has 0 rings (SSSR count). The highest BCUT2D eigenvalue weighted by molar-refractivity contribution is 5.71. The lowest BCUT2D eigenvalue weighted by molar-refractivity contribution is -0.167. The lowest BCUT2D eigenvalue weighted by Gasteiger charge is -2.18. The lowest BCUT2D eigenvalue weighted by Crippen LogP contribution is -2.30. The third kappa shape index (κ3) is 57.7. The van der Waals surface area contributed by atoms with E-state index in [2.05, 4.69) is 93.7 Å². The van der Waals surface area contributed by atoms with Gasteiger partial charge >= 0.3 is 17.9 Å². The molecular weight excluding hydrogens is 889 g/mol. The quantitative estimate of drug-likeness (QED) is 0.0199. The minimum atomic E-state index is -0.788. The van der Waals surface area contributed by atoms with Crippen LogP contribution in [0.1, 0.15) is 310 Å². The van der Waals surface area contributed by atoms with Gasteiger partial charge in [0.05, 0.1) is 0 Å². The van der Waals surface area contributed by atoms with Gasteiger partial charge < -0.3 is 14.2 Å². The van der Waals surface area contributed by atoms with Crippen LogP contribution in [0.5, 0.6) is 0 Å². The van der Waals surface area contributed by atoms with E-state index >= 15 is 0 Å². The Hall–Kier alpha value is -3.15. The minimum absolute atomic E-state index is 0.0827. The Kier molecular flexibility index (Phi) is 57.8. The number of unbranched alkanes of at least 4 members (excludes halogenated alkanes) is 35. The zero-order valence-corrected chi connectivity index (χ0v) is 47.7. The number of esters is 3. The summed E-state index contributed by atoms with van der Waals surface area (Å²) in [5, 5.41) is 0. The molecule has 0 radical (unpaired) electrons. The Balaban J connectivity index is 4.41. The molecule has 0 spiro atoms. The zero-order valence-electron chi connectivity index (χ0n) is 47.7. The van der Waals surface area contributed by atoms with Crippen LogP contribution in [-0.2, 0) is 28.6 Å². The van der Waals surface area contributed by atoms with Crippen molar-refractivity contribution in [2.45, 2.75) is 316 Å². The number of ether oxygens (including phenoxy) is 3. The summed E-state index contributed by atoms with van der Waals surface area (Å²) in [5.41, 5.74) is 0. The van der Waals surface area contributed by atoms with E-state index in [0.29, 0.717) is 19.3 Å². The average Bonchev–Trinajstić information content (AvgIpc) is 3.38. The number of carbonyl (C=O) groups excluding carboxylic acids is 3. The van der Waals surface area contributed by atoms with Crippen molar-refractivity contribution in [2.75, 3.05) is 13.2 Å². The van der Waals surface area contributed by atoms with Gasteiger partial charge in [0, 0.05) is 19.3 Å². The Bertz CT molecular complexity index is 1340. The molecule has 1 atom stereocenters. The maximum absolute atomic E-state index is 12.9. The normalized spacial score (nSPS) is 12.5. The van der Waals surface area contributed by atoms with Crippen LogP contribution in [0.3, 0.4) is 0 Å². The Morgan fingerprint density at radius 2 is 0.597 bits per heavy atom. The first kappa shape index (κ1) is 68.8. The summed E-state index contributed by atoms with van der Waals surface area (Å²) < 4.78 is 16.9. The molecule has 0 N–H and O–H groups in total. The molecular formula is C66H116O6. The number of allylic oxidation sites excluding steroid dienone is 12. The van der Waals surface area contributed by atoms with Gasteiger partial charge in [0.2, 0.25) is 0 Å². The zero-order chi connectivity index (χ0) is 52.2. The number of hydrogen-bond donors (Lipinski definition) is 0. The summed E-state index contributed by atoms with van der Waals surface area (Å²) in [6.45, 7) is 6.53. The van der Waals surface area contributed by atoms with Crippen LogP contribution in [0.25, 0.3) is 0 Å². The maximum Gasteiger partial charge on any atom is 0.306 e. The smallest absolute Gasteiger partial charge is 0.306 e. The standard InChI is InChI=1S/C66H116O6/c1-4-7-10-13-16-19-22-25-28-31-33-36-38-41-44-47-50-53-56-59-65(68)71-62-63(61-70-64(67)58-55-52-49-46-43-40-37-34-30-27-24-21-18-15-12-9-6-3)72-66(69)60-57-54-51-48-45-42-39-35-32-29-26-23-20-17-14-11-8-5-2/h7,10,16,19,23,25-26,28-29,32,35,39,63H,4-6,8-9,11-15,17-18,20-22,24,27,30-31,33-34,36-38,40-62H2,1-3H3/b10-7-,19-16-,26-23-,28-25-,32-29-,39-35-. The number of hydrogen-bond acceptors (Lipinski definition) is 6. The molecule has 1 unspecified atom stereocenters. The molecule has 0 aromatic rings. The molecule has 0 fully saturated rings. The highest BCUT2D eigenvalue weighted by Crippen LogP contribution is 2.17. The fraction of sp³-hybridized carbons (Fsp3) is 0.773. The minimum Gasteiger partial charge on any atom is -0.462 e. The first-order valence-electron chi connectivity index (χ1n) is 31.0. The van der Waals surface area contributed by atoms with Gasteiger partial charge in [-0.05, 0) is 77.0 Å². The van der Waals surface area contributed by atoms with E-state index in [9.17, 15) is 14.4 Å². The fourth-order valence-electron chi connectivity index (χ4n) is 8.87. The molecule has 0 aromatic heterocycles. The van der Waals surface area contributed by atoms with E-state index in [1.807, 2.05) is 0 Å². The maximum atomic E-state index is 12.9. The number of rotatable bonds is 56. The Labute approximate surface area is 446 Å². The second-order valence-electron chi connectivity index (χ2n) is 20.6. The van der Waals surface area contributed by atoms with E-state index in [4.69, 9.17) is 14.2 Å². The fourth-order valence-corrected chi connectivity index (χ4v) is 8.87. The van der Waals surface area contributed by atoms with E-state index in [-0.39, 0.29) is 31.1 Å². The van der Waals surface area contributed by atoms with Crippen LogP contribution in [0.4, 0.5) is 0 Å². The Morgan fingerprint density at radius 3 is 0.958 bits per heavy atom. The second-order valence-corrected chi connectivity index (χ2v) is 20.6. The number of carbonyl (C=O) groups is 3. The molecule has 416 valence electrons. The largest absolute Gasteiger partial charge is 0.462 e. The molecule has 6 heteroatoms. The van der Waals surface area contributed by atoms with Crippen LogP contribution >= 0.6 is 0 Å². The van der Waals surface area contributed by atoms with Crippen LogP contribution in [0, 0.1) is 0 Å². The molecule has 0 heterocycles. The molecule has 0 aliphatic carbocycles. The van der Waals surface area contributed by atoms with Gasteiger partial charge in [0.15, 0.2) is 6.10 Å². The monoisotopic (exact) mass is 1000 g/mol. The van der Waals surface area contributed by atoms with Crippen molar-refractivity contribution in [3.63, 3.8) is 0 Å². The van der Waals surface area contributed by atoms with Crippen LogP contribution in [-0.4, -0.2) is 37.2 Å². The summed E-state index contributed by atoms with van der Waals surface area (Å²) in [7, 11) is 0. The van der Waals surface area contributed by atoms with Gasteiger partial charge in [-0.3, -0.25) is 14.4 Å². The lowest BCUT2D eigenvalue weighted by atomic mass is 10.0. The van der Waals surface area contributed by atoms with Crippen molar-refractivity contribution in [3.8, 4) is 0 Å². The van der Waals surface area contributed by atoms with E-state index < -0.39 is 6.10 Å². The van der Waals surface area contributed by atoms with Gasteiger partial charge in [0.25, 0.3) is 0 Å². The molecule has 0 saturated carbocycles. The van der Waals surface area contributed by atoms with Crippen molar-refractivity contribution in [1.29, 1.82) is 0 Å². The first-order chi connectivity index (χ1) is 35.5. The van der Waals surface area contributed by atoms with Crippen LogP contribution in [0.2, 0.25) is 0 Å². The molecule has 0 amide bonds. The van der Waals surface area contributed by atoms with Crippen molar-refractivity contribution < 1.29 is 28.6 Å². The van der Waals surface area contributed by atoms with Crippen molar-refractivity contribution >= 4 is 17.9 Å². The van der Waals surface area contributed by atoms with Gasteiger partial charge in [-0.1, -0.05) is 286 Å². The molecule has 72 heavy (non-hydrogen) atoms. The van der Waals surface area contributed by atoms with Gasteiger partial charge in [0.1, 0.15) is 13.2 Å². The predicted octanol–water partition coefficient (Wildman–Crippen LogP) is 20.9. The topological polar surface area (TPSA) is 78.9 Å². The van der Waals surface area contributed by atoms with Crippen molar-refractivity contribution in [2.24, 2.45) is 0 Å². The van der Waals surface area contributed by atoms with Gasteiger partial charge in [-0.25, -0.2) is 0 Å². The SMILES string of the molecule is CC/C=C\C/C=C\C/C=C\CCCCCCCCCCCC(=O)OCC(COC(=O)CCCCCCCCCCCCCCCCCCC)OC(=O)CCCCCCC\C=C/C=C\C=C/CCCCCCC. The van der Waals surface area contributed by atoms with Crippen LogP contribution in [0.15, 0.2) is 72.9 Å². The Morgan fingerprint density at radius 1 is 0.306 bits per heavy atom. The van der Waals surface area contributed by atoms with E-state index in [0.717, 1.165) is 103 Å². The third-order valence-electron chi connectivity index (χ3n) is 13.5. The summed E-state index contributed by atoms with van der Waals surface area (Å²) in [6, 6.07) is 0. The van der Waals surface area contributed by atoms with Crippen molar-refractivity contribution in [3.05, 3.63) is 72.9 Å². The average molecular weight is 1010 g/mol. The second kappa shape index (κ2) is 60.4. The molecule has 0 aliphatic rings. The highest BCUT2D eigenvalue weighted by atomic mass is 16.6. The third-order valence-corrected chi connectivity index (χ3v) is 13.5. The van der Waals surface area contributed by atoms with Crippen molar-refractivity contribution in [1.82, 2.24) is 0 Å².